The lowest BCUT2D eigenvalue weighted by atomic mass is 10.5. The van der Waals surface area contributed by atoms with E-state index in [1.54, 1.807) is 0 Å². The zero-order chi connectivity index (χ0) is 12.0. The summed E-state index contributed by atoms with van der Waals surface area (Å²) in [4.78, 5) is 11.1. The molecule has 0 aliphatic carbocycles. The number of carbonyl (C=O) groups excluding carboxylic acids is 1. The second kappa shape index (κ2) is 5.39. The van der Waals surface area contributed by atoms with Crippen LogP contribution in [0.1, 0.15) is 10.6 Å². The summed E-state index contributed by atoms with van der Waals surface area (Å²) in [5.74, 6) is -0.819. The van der Waals surface area contributed by atoms with Crippen LogP contribution >= 0.6 is 0 Å². The fourth-order valence-corrected chi connectivity index (χ4v) is 0.762. The molecule has 1 aromatic heterocycles. The van der Waals surface area contributed by atoms with E-state index in [4.69, 9.17) is 0 Å². The Morgan fingerprint density at radius 1 is 1.50 bits per heavy atom. The van der Waals surface area contributed by atoms with Gasteiger partial charge in [-0.2, -0.15) is 18.4 Å². The van der Waals surface area contributed by atoms with Crippen LogP contribution in [0.2, 0.25) is 0 Å². The molecule has 0 fully saturated rings. The van der Waals surface area contributed by atoms with Gasteiger partial charge in [-0.25, -0.2) is 0 Å². The minimum Gasteiger partial charge on any atom is -0.370 e. The molecule has 0 aromatic carbocycles. The Morgan fingerprint density at radius 2 is 2.25 bits per heavy atom. The smallest absolute Gasteiger partial charge is 0.370 e. The number of aromatic nitrogens is 4. The molecule has 1 aromatic rings. The number of hydrogen-bond donors (Lipinski definition) is 2. The molecule has 0 radical (unpaired) electrons. The Hall–Kier alpha value is -1.71. The topological polar surface area (TPSA) is 92.8 Å². The van der Waals surface area contributed by atoms with Crippen molar-refractivity contribution in [2.75, 3.05) is 19.8 Å². The van der Waals surface area contributed by atoms with Crippen LogP contribution < -0.4 is 5.32 Å². The second-order valence-corrected chi connectivity index (χ2v) is 2.66. The van der Waals surface area contributed by atoms with Crippen molar-refractivity contribution in [3.05, 3.63) is 5.82 Å². The number of hydrogen-bond acceptors (Lipinski definition) is 5. The van der Waals surface area contributed by atoms with Crippen LogP contribution in [0.5, 0.6) is 0 Å². The lowest BCUT2D eigenvalue weighted by Gasteiger charge is -2.07. The van der Waals surface area contributed by atoms with E-state index in [9.17, 15) is 18.0 Å². The van der Waals surface area contributed by atoms with Crippen molar-refractivity contribution < 1.29 is 22.7 Å². The lowest BCUT2D eigenvalue weighted by Crippen LogP contribution is -2.29. The van der Waals surface area contributed by atoms with E-state index in [1.807, 2.05) is 0 Å². The number of carbonyl (C=O) groups is 1. The third kappa shape index (κ3) is 4.68. The maximum atomic E-state index is 11.6. The number of alkyl halides is 3. The van der Waals surface area contributed by atoms with Crippen molar-refractivity contribution >= 4 is 5.91 Å². The predicted octanol–water partition coefficient (Wildman–Crippen LogP) is -0.492. The molecule has 16 heavy (non-hydrogen) atoms. The number of halogens is 3. The van der Waals surface area contributed by atoms with Crippen LogP contribution in [0, 0.1) is 0 Å². The van der Waals surface area contributed by atoms with Gasteiger partial charge in [0.25, 0.3) is 11.7 Å². The van der Waals surface area contributed by atoms with Gasteiger partial charge in [-0.3, -0.25) is 4.79 Å². The molecule has 10 heteroatoms. The molecule has 0 atom stereocenters. The predicted molar refractivity (Wildman–Crippen MR) is 43.4 cm³/mol. The van der Waals surface area contributed by atoms with Gasteiger partial charge in [0.1, 0.15) is 6.61 Å². The fourth-order valence-electron chi connectivity index (χ4n) is 0.762. The molecule has 7 nitrogen and oxygen atoms in total. The fraction of sp³-hybridized carbons (Fsp3) is 0.667. The van der Waals surface area contributed by atoms with Crippen molar-refractivity contribution in [3.8, 4) is 0 Å². The Balaban J connectivity index is 2.10. The molecular formula is C6H8F3N5O2. The van der Waals surface area contributed by atoms with Gasteiger partial charge >= 0.3 is 6.18 Å². The Kier molecular flexibility index (Phi) is 4.17. The molecule has 0 saturated carbocycles. The van der Waals surface area contributed by atoms with E-state index in [0.29, 0.717) is 0 Å². The van der Waals surface area contributed by atoms with Gasteiger partial charge in [0, 0.05) is 6.54 Å². The molecule has 2 N–H and O–H groups in total. The van der Waals surface area contributed by atoms with E-state index in [1.165, 1.54) is 0 Å². The Bertz CT molecular complexity index is 325. The summed E-state index contributed by atoms with van der Waals surface area (Å²) < 4.78 is 39.1. The number of nitrogens with zero attached hydrogens (tertiary/aromatic N) is 3. The summed E-state index contributed by atoms with van der Waals surface area (Å²) in [7, 11) is 0. The highest BCUT2D eigenvalue weighted by Gasteiger charge is 2.27. The Morgan fingerprint density at radius 3 is 2.81 bits per heavy atom. The zero-order valence-corrected chi connectivity index (χ0v) is 7.91. The summed E-state index contributed by atoms with van der Waals surface area (Å²) in [6.45, 7) is -1.66. The number of tetrazole rings is 1. The van der Waals surface area contributed by atoms with Crippen LogP contribution in [-0.2, 0) is 4.74 Å². The first-order chi connectivity index (χ1) is 7.49. The summed E-state index contributed by atoms with van der Waals surface area (Å²) in [6.07, 6.45) is -4.36. The third-order valence-corrected chi connectivity index (χ3v) is 1.35. The molecule has 0 bridgehead atoms. The molecule has 0 spiro atoms. The van der Waals surface area contributed by atoms with Crippen molar-refractivity contribution in [2.24, 2.45) is 0 Å². The molecule has 1 heterocycles. The van der Waals surface area contributed by atoms with E-state index in [2.05, 4.69) is 30.7 Å². The molecular weight excluding hydrogens is 231 g/mol. The maximum Gasteiger partial charge on any atom is 0.411 e. The summed E-state index contributed by atoms with van der Waals surface area (Å²) >= 11 is 0. The van der Waals surface area contributed by atoms with Gasteiger partial charge in [0.05, 0.1) is 6.61 Å². The number of amides is 1. The van der Waals surface area contributed by atoms with Crippen LogP contribution in [0.4, 0.5) is 13.2 Å². The molecule has 0 aliphatic rings. The van der Waals surface area contributed by atoms with Crippen LogP contribution in [-0.4, -0.2) is 52.5 Å². The number of H-pyrrole nitrogens is 1. The maximum absolute atomic E-state index is 11.6. The van der Waals surface area contributed by atoms with E-state index < -0.39 is 18.7 Å². The minimum absolute atomic E-state index is 0.0660. The molecule has 1 rings (SSSR count). The minimum atomic E-state index is -4.36. The average Bonchev–Trinajstić information content (AvgIpc) is 2.67. The number of ether oxygens (including phenoxy) is 1. The van der Waals surface area contributed by atoms with Crippen molar-refractivity contribution in [2.45, 2.75) is 6.18 Å². The highest BCUT2D eigenvalue weighted by atomic mass is 19.4. The van der Waals surface area contributed by atoms with E-state index in [0.717, 1.165) is 0 Å². The van der Waals surface area contributed by atoms with Crippen molar-refractivity contribution in [1.82, 2.24) is 25.9 Å². The van der Waals surface area contributed by atoms with Crippen molar-refractivity contribution in [3.63, 3.8) is 0 Å². The summed E-state index contributed by atoms with van der Waals surface area (Å²) in [6, 6.07) is 0. The second-order valence-electron chi connectivity index (χ2n) is 2.66. The van der Waals surface area contributed by atoms with Gasteiger partial charge < -0.3 is 10.1 Å². The number of rotatable bonds is 5. The molecule has 1 amide bonds. The van der Waals surface area contributed by atoms with Crippen LogP contribution in [0.25, 0.3) is 0 Å². The number of aromatic amines is 1. The molecule has 90 valence electrons. The standard InChI is InChI=1S/C6H8F3N5O2/c7-6(8,9)3-16-2-1-10-5(15)4-11-13-14-12-4/h1-3H2,(H,10,15)(H,11,12,13,14). The lowest BCUT2D eigenvalue weighted by molar-refractivity contribution is -0.173. The molecule has 0 unspecified atom stereocenters. The first-order valence-corrected chi connectivity index (χ1v) is 4.15. The molecule has 0 aliphatic heterocycles. The van der Waals surface area contributed by atoms with E-state index in [-0.39, 0.29) is 19.0 Å². The highest BCUT2D eigenvalue weighted by Crippen LogP contribution is 2.13. The van der Waals surface area contributed by atoms with E-state index >= 15 is 0 Å². The first kappa shape index (κ1) is 12.4. The van der Waals surface area contributed by atoms with Gasteiger partial charge in [0.15, 0.2) is 0 Å². The van der Waals surface area contributed by atoms with Crippen LogP contribution in [0.3, 0.4) is 0 Å². The average molecular weight is 239 g/mol. The monoisotopic (exact) mass is 239 g/mol. The van der Waals surface area contributed by atoms with Gasteiger partial charge in [-0.1, -0.05) is 0 Å². The van der Waals surface area contributed by atoms with Gasteiger partial charge in [-0.05, 0) is 5.21 Å². The van der Waals surface area contributed by atoms with Crippen molar-refractivity contribution in [1.29, 1.82) is 0 Å². The Labute approximate surface area is 87.4 Å². The van der Waals surface area contributed by atoms with Crippen LogP contribution in [0.15, 0.2) is 0 Å². The van der Waals surface area contributed by atoms with Gasteiger partial charge in [-0.15, -0.1) is 10.2 Å². The van der Waals surface area contributed by atoms with Gasteiger partial charge in [0.2, 0.25) is 0 Å². The quantitative estimate of drug-likeness (QED) is 0.676. The zero-order valence-electron chi connectivity index (χ0n) is 7.91. The summed E-state index contributed by atoms with van der Waals surface area (Å²) in [5, 5.41) is 14.2. The number of nitrogens with one attached hydrogen (secondary N) is 2. The third-order valence-electron chi connectivity index (χ3n) is 1.35. The summed E-state index contributed by atoms with van der Waals surface area (Å²) in [5.41, 5.74) is 0. The largest absolute Gasteiger partial charge is 0.411 e. The molecule has 0 saturated heterocycles. The SMILES string of the molecule is O=C(NCCOCC(F)(F)F)c1nn[nH]n1. The highest BCUT2D eigenvalue weighted by molar-refractivity contribution is 5.89. The normalized spacial score (nSPS) is 11.4. The first-order valence-electron chi connectivity index (χ1n) is 4.15.